The summed E-state index contributed by atoms with van der Waals surface area (Å²) in [5.74, 6) is 0.667. The van der Waals surface area contributed by atoms with Crippen LogP contribution in [0.15, 0.2) is 0 Å². The van der Waals surface area contributed by atoms with Crippen molar-refractivity contribution in [2.45, 2.75) is 25.4 Å². The third-order valence-electron chi connectivity index (χ3n) is 1.45. The van der Waals surface area contributed by atoms with Gasteiger partial charge >= 0.3 is 0 Å². The topological polar surface area (TPSA) is 9.23 Å². The monoisotopic (exact) mass is 134 g/mol. The van der Waals surface area contributed by atoms with Crippen molar-refractivity contribution in [3.05, 3.63) is 0 Å². The molecule has 1 saturated heterocycles. The fraction of sp³-hybridized carbons (Fsp3) is 1.00. The van der Waals surface area contributed by atoms with E-state index in [9.17, 15) is 0 Å². The Bertz CT molecular complexity index is 59.5. The van der Waals surface area contributed by atoms with Crippen LogP contribution in [0.5, 0.6) is 0 Å². The molecule has 0 aromatic heterocycles. The lowest BCUT2D eigenvalue weighted by Gasteiger charge is -2.19. The highest BCUT2D eigenvalue weighted by Crippen LogP contribution is 2.12. The van der Waals surface area contributed by atoms with E-state index in [0.29, 0.717) is 12.0 Å². The molecule has 1 atom stereocenters. The van der Waals surface area contributed by atoms with Crippen LogP contribution in [-0.2, 0) is 4.74 Å². The number of ether oxygens (including phenoxy) is 1. The Morgan fingerprint density at radius 1 is 1.50 bits per heavy atom. The molecule has 1 aliphatic rings. The van der Waals surface area contributed by atoms with Gasteiger partial charge in [0.1, 0.15) is 0 Å². The molecule has 0 unspecified atom stereocenters. The molecule has 0 N–H and O–H groups in total. The van der Waals surface area contributed by atoms with Crippen molar-refractivity contribution < 1.29 is 4.74 Å². The molecule has 8 heavy (non-hydrogen) atoms. The first-order valence-electron chi connectivity index (χ1n) is 3.11. The van der Waals surface area contributed by atoms with Crippen LogP contribution in [0.4, 0.5) is 0 Å². The molecule has 0 aromatic carbocycles. The summed E-state index contributed by atoms with van der Waals surface area (Å²) in [7, 11) is 0. The number of rotatable bonds is 1. The molecule has 1 fully saturated rings. The highest BCUT2D eigenvalue weighted by Gasteiger charge is 2.10. The first-order chi connectivity index (χ1) is 3.93. The van der Waals surface area contributed by atoms with Gasteiger partial charge in [-0.25, -0.2) is 0 Å². The molecule has 0 saturated carbocycles. The molecule has 0 aliphatic carbocycles. The highest BCUT2D eigenvalue weighted by molar-refractivity contribution is 6.18. The van der Waals surface area contributed by atoms with Gasteiger partial charge in [-0.15, -0.1) is 11.6 Å². The fourth-order valence-electron chi connectivity index (χ4n) is 0.929. The Hall–Kier alpha value is 0.250. The van der Waals surface area contributed by atoms with E-state index in [4.69, 9.17) is 16.3 Å². The van der Waals surface area contributed by atoms with Gasteiger partial charge in [-0.2, -0.15) is 0 Å². The summed E-state index contributed by atoms with van der Waals surface area (Å²) in [6, 6.07) is 0. The molecular formula is C6H11ClO. The SMILES string of the molecule is ClC[C@H]1CCCCO1. The van der Waals surface area contributed by atoms with Crippen molar-refractivity contribution in [3.8, 4) is 0 Å². The second-order valence-corrected chi connectivity index (χ2v) is 2.45. The molecule has 0 bridgehead atoms. The number of alkyl halides is 1. The van der Waals surface area contributed by atoms with Crippen molar-refractivity contribution >= 4 is 11.6 Å². The summed E-state index contributed by atoms with van der Waals surface area (Å²) >= 11 is 5.56. The van der Waals surface area contributed by atoms with Crippen LogP contribution < -0.4 is 0 Å². The fourth-order valence-corrected chi connectivity index (χ4v) is 1.17. The molecule has 2 heteroatoms. The average Bonchev–Trinajstić information content (AvgIpc) is 1.90. The van der Waals surface area contributed by atoms with E-state index in [2.05, 4.69) is 0 Å². The van der Waals surface area contributed by atoms with E-state index in [-0.39, 0.29) is 0 Å². The van der Waals surface area contributed by atoms with Gasteiger partial charge in [0.05, 0.1) is 6.10 Å². The van der Waals surface area contributed by atoms with Crippen molar-refractivity contribution in [2.75, 3.05) is 12.5 Å². The molecule has 0 aromatic rings. The predicted molar refractivity (Wildman–Crippen MR) is 34.3 cm³/mol. The first kappa shape index (κ1) is 6.37. The smallest absolute Gasteiger partial charge is 0.0710 e. The van der Waals surface area contributed by atoms with E-state index in [0.717, 1.165) is 13.0 Å². The van der Waals surface area contributed by atoms with E-state index < -0.39 is 0 Å². The van der Waals surface area contributed by atoms with Gasteiger partial charge in [0.25, 0.3) is 0 Å². The van der Waals surface area contributed by atoms with Crippen molar-refractivity contribution in [1.82, 2.24) is 0 Å². The summed E-state index contributed by atoms with van der Waals surface area (Å²) in [4.78, 5) is 0. The summed E-state index contributed by atoms with van der Waals surface area (Å²) < 4.78 is 5.30. The second kappa shape index (κ2) is 3.31. The first-order valence-corrected chi connectivity index (χ1v) is 3.64. The Morgan fingerprint density at radius 2 is 2.38 bits per heavy atom. The normalized spacial score (nSPS) is 30.4. The third-order valence-corrected chi connectivity index (χ3v) is 1.79. The maximum atomic E-state index is 5.56. The van der Waals surface area contributed by atoms with Crippen LogP contribution in [0.25, 0.3) is 0 Å². The second-order valence-electron chi connectivity index (χ2n) is 2.14. The van der Waals surface area contributed by atoms with Gasteiger partial charge in [0, 0.05) is 12.5 Å². The van der Waals surface area contributed by atoms with E-state index in [1.807, 2.05) is 0 Å². The van der Waals surface area contributed by atoms with Crippen LogP contribution in [0.2, 0.25) is 0 Å². The van der Waals surface area contributed by atoms with Gasteiger partial charge in [0.2, 0.25) is 0 Å². The Balaban J connectivity index is 2.13. The van der Waals surface area contributed by atoms with E-state index in [1.165, 1.54) is 12.8 Å². The minimum Gasteiger partial charge on any atom is -0.377 e. The highest BCUT2D eigenvalue weighted by atomic mass is 35.5. The number of hydrogen-bond acceptors (Lipinski definition) is 1. The van der Waals surface area contributed by atoms with Gasteiger partial charge in [-0.05, 0) is 19.3 Å². The summed E-state index contributed by atoms with van der Waals surface area (Å²) in [5.41, 5.74) is 0. The quantitative estimate of drug-likeness (QED) is 0.497. The van der Waals surface area contributed by atoms with Crippen molar-refractivity contribution in [1.29, 1.82) is 0 Å². The maximum absolute atomic E-state index is 5.56. The van der Waals surface area contributed by atoms with E-state index >= 15 is 0 Å². The van der Waals surface area contributed by atoms with Crippen molar-refractivity contribution in [2.24, 2.45) is 0 Å². The standard InChI is InChI=1S/C6H11ClO/c7-5-6-3-1-2-4-8-6/h6H,1-5H2/t6-/m1/s1. The Morgan fingerprint density at radius 3 is 2.75 bits per heavy atom. The van der Waals surface area contributed by atoms with Gasteiger partial charge in [0.15, 0.2) is 0 Å². The van der Waals surface area contributed by atoms with Crippen LogP contribution >= 0.6 is 11.6 Å². The summed E-state index contributed by atoms with van der Waals surface area (Å²) in [5, 5.41) is 0. The van der Waals surface area contributed by atoms with Crippen LogP contribution in [0, 0.1) is 0 Å². The zero-order valence-corrected chi connectivity index (χ0v) is 5.66. The molecular weight excluding hydrogens is 124 g/mol. The Kier molecular flexibility index (Phi) is 2.64. The average molecular weight is 135 g/mol. The van der Waals surface area contributed by atoms with Crippen LogP contribution in [-0.4, -0.2) is 18.6 Å². The minimum atomic E-state index is 0.352. The summed E-state index contributed by atoms with van der Waals surface area (Å²) in [6.07, 6.45) is 4.01. The lowest BCUT2D eigenvalue weighted by Crippen LogP contribution is -2.19. The lowest BCUT2D eigenvalue weighted by molar-refractivity contribution is 0.0307. The van der Waals surface area contributed by atoms with E-state index in [1.54, 1.807) is 0 Å². The lowest BCUT2D eigenvalue weighted by atomic mass is 10.1. The zero-order valence-electron chi connectivity index (χ0n) is 4.90. The predicted octanol–water partition coefficient (Wildman–Crippen LogP) is 1.79. The largest absolute Gasteiger partial charge is 0.377 e. The third kappa shape index (κ3) is 1.64. The van der Waals surface area contributed by atoms with Gasteiger partial charge in [-0.1, -0.05) is 0 Å². The summed E-state index contributed by atoms with van der Waals surface area (Å²) in [6.45, 7) is 0.914. The van der Waals surface area contributed by atoms with Crippen LogP contribution in [0.3, 0.4) is 0 Å². The van der Waals surface area contributed by atoms with Crippen LogP contribution in [0.1, 0.15) is 19.3 Å². The molecule has 0 radical (unpaired) electrons. The zero-order chi connectivity index (χ0) is 5.82. The van der Waals surface area contributed by atoms with Gasteiger partial charge < -0.3 is 4.74 Å². The molecule has 1 nitrogen and oxygen atoms in total. The number of hydrogen-bond donors (Lipinski definition) is 0. The maximum Gasteiger partial charge on any atom is 0.0710 e. The molecule has 0 amide bonds. The van der Waals surface area contributed by atoms with Gasteiger partial charge in [-0.3, -0.25) is 0 Å². The molecule has 1 rings (SSSR count). The number of halogens is 1. The minimum absolute atomic E-state index is 0.352. The Labute approximate surface area is 55.0 Å². The molecule has 1 aliphatic heterocycles. The molecule has 48 valence electrons. The molecule has 0 spiro atoms. The molecule has 1 heterocycles. The van der Waals surface area contributed by atoms with Crippen molar-refractivity contribution in [3.63, 3.8) is 0 Å².